The Labute approximate surface area is 128 Å². The average Bonchev–Trinajstić information content (AvgIpc) is 2.88. The van der Waals surface area contributed by atoms with Crippen molar-refractivity contribution in [2.24, 2.45) is 11.3 Å². The molecule has 2 aliphatic rings. The van der Waals surface area contributed by atoms with Gasteiger partial charge in [-0.25, -0.2) is 4.79 Å². The van der Waals surface area contributed by atoms with Gasteiger partial charge in [-0.05, 0) is 43.4 Å². The minimum Gasteiger partial charge on any atom is -0.467 e. The van der Waals surface area contributed by atoms with Crippen LogP contribution in [-0.4, -0.2) is 36.0 Å². The summed E-state index contributed by atoms with van der Waals surface area (Å²) in [6.07, 6.45) is 6.65. The molecule has 0 bridgehead atoms. The second-order valence-electron chi connectivity index (χ2n) is 7.23. The Balaban J connectivity index is 2.00. The van der Waals surface area contributed by atoms with E-state index in [1.54, 1.807) is 0 Å². The molecule has 2 fully saturated rings. The lowest BCUT2D eigenvalue weighted by Gasteiger charge is -2.42. The van der Waals surface area contributed by atoms with Crippen LogP contribution in [0.25, 0.3) is 0 Å². The molecule has 4 nitrogen and oxygen atoms in total. The zero-order valence-electron chi connectivity index (χ0n) is 13.9. The minimum atomic E-state index is -0.344. The summed E-state index contributed by atoms with van der Waals surface area (Å²) in [5.41, 5.74) is 0.377. The van der Waals surface area contributed by atoms with Gasteiger partial charge in [0.25, 0.3) is 0 Å². The summed E-state index contributed by atoms with van der Waals surface area (Å²) in [6.45, 7) is 6.94. The molecule has 1 heterocycles. The van der Waals surface area contributed by atoms with Crippen LogP contribution in [0.5, 0.6) is 0 Å². The summed E-state index contributed by atoms with van der Waals surface area (Å²) in [4.78, 5) is 25.9. The van der Waals surface area contributed by atoms with Gasteiger partial charge in [0.2, 0.25) is 5.91 Å². The fourth-order valence-electron chi connectivity index (χ4n) is 3.95. The number of hydrogen-bond donors (Lipinski definition) is 0. The van der Waals surface area contributed by atoms with E-state index in [0.717, 1.165) is 31.6 Å². The number of amides is 1. The molecule has 1 atom stereocenters. The molecular weight excluding hydrogens is 266 g/mol. The topological polar surface area (TPSA) is 46.6 Å². The van der Waals surface area contributed by atoms with Crippen molar-refractivity contribution in [3.8, 4) is 0 Å². The van der Waals surface area contributed by atoms with Gasteiger partial charge in [-0.15, -0.1) is 0 Å². The molecule has 0 radical (unpaired) electrons. The highest BCUT2D eigenvalue weighted by Gasteiger charge is 2.43. The van der Waals surface area contributed by atoms with Crippen LogP contribution in [0.3, 0.4) is 0 Å². The number of hydrogen-bond acceptors (Lipinski definition) is 3. The van der Waals surface area contributed by atoms with Crippen molar-refractivity contribution in [3.63, 3.8) is 0 Å². The maximum Gasteiger partial charge on any atom is 0.328 e. The SMILES string of the molecule is CCC(C)(C)C1CCC(N2C(=O)CCC2C(=O)OC)CC1. The number of carbonyl (C=O) groups excluding carboxylic acids is 2. The number of carbonyl (C=O) groups is 2. The van der Waals surface area contributed by atoms with E-state index >= 15 is 0 Å². The Morgan fingerprint density at radius 3 is 2.38 bits per heavy atom. The highest BCUT2D eigenvalue weighted by molar-refractivity contribution is 5.88. The Morgan fingerprint density at radius 2 is 1.86 bits per heavy atom. The number of nitrogens with zero attached hydrogens (tertiary/aromatic N) is 1. The fourth-order valence-corrected chi connectivity index (χ4v) is 3.95. The van der Waals surface area contributed by atoms with Crippen LogP contribution in [0.4, 0.5) is 0 Å². The van der Waals surface area contributed by atoms with Crippen LogP contribution in [0.15, 0.2) is 0 Å². The predicted molar refractivity (Wildman–Crippen MR) is 81.7 cm³/mol. The number of likely N-dealkylation sites (tertiary alicyclic amines) is 1. The minimum absolute atomic E-state index is 0.128. The summed E-state index contributed by atoms with van der Waals surface area (Å²) in [5.74, 6) is 0.605. The molecule has 2 rings (SSSR count). The highest BCUT2D eigenvalue weighted by atomic mass is 16.5. The van der Waals surface area contributed by atoms with Crippen molar-refractivity contribution < 1.29 is 14.3 Å². The third-order valence-corrected chi connectivity index (χ3v) is 5.84. The van der Waals surface area contributed by atoms with Gasteiger partial charge in [0.15, 0.2) is 0 Å². The maximum absolute atomic E-state index is 12.2. The van der Waals surface area contributed by atoms with Gasteiger partial charge in [-0.1, -0.05) is 27.2 Å². The lowest BCUT2D eigenvalue weighted by molar-refractivity contribution is -0.151. The van der Waals surface area contributed by atoms with E-state index in [2.05, 4.69) is 20.8 Å². The van der Waals surface area contributed by atoms with Crippen molar-refractivity contribution in [2.75, 3.05) is 7.11 Å². The van der Waals surface area contributed by atoms with E-state index in [1.165, 1.54) is 13.5 Å². The Bertz CT molecular complexity index is 397. The van der Waals surface area contributed by atoms with Crippen LogP contribution in [0.2, 0.25) is 0 Å². The molecule has 120 valence electrons. The van der Waals surface area contributed by atoms with E-state index in [0.29, 0.717) is 18.3 Å². The van der Waals surface area contributed by atoms with E-state index in [1.807, 2.05) is 4.90 Å². The van der Waals surface area contributed by atoms with Crippen LogP contribution < -0.4 is 0 Å². The summed E-state index contributed by atoms with van der Waals surface area (Å²) in [6, 6.07) is -0.115. The zero-order chi connectivity index (χ0) is 15.6. The predicted octanol–water partition coefficient (Wildman–Crippen LogP) is 3.15. The first-order chi connectivity index (χ1) is 9.90. The largest absolute Gasteiger partial charge is 0.467 e. The second kappa shape index (κ2) is 6.37. The van der Waals surface area contributed by atoms with Crippen molar-refractivity contribution in [3.05, 3.63) is 0 Å². The number of esters is 1. The molecule has 1 amide bonds. The zero-order valence-corrected chi connectivity index (χ0v) is 13.9. The van der Waals surface area contributed by atoms with E-state index in [4.69, 9.17) is 4.74 Å². The smallest absolute Gasteiger partial charge is 0.328 e. The molecule has 4 heteroatoms. The maximum atomic E-state index is 12.2. The summed E-state index contributed by atoms with van der Waals surface area (Å²) >= 11 is 0. The standard InChI is InChI=1S/C17H29NO3/c1-5-17(2,3)12-6-8-13(9-7-12)18-14(16(20)21-4)10-11-15(18)19/h12-14H,5-11H2,1-4H3. The van der Waals surface area contributed by atoms with E-state index in [9.17, 15) is 9.59 Å². The monoisotopic (exact) mass is 295 g/mol. The second-order valence-corrected chi connectivity index (χ2v) is 7.23. The van der Waals surface area contributed by atoms with Gasteiger partial charge in [-0.3, -0.25) is 4.79 Å². The Kier molecular flexibility index (Phi) is 4.95. The Hall–Kier alpha value is -1.06. The normalized spacial score (nSPS) is 30.6. The lowest BCUT2D eigenvalue weighted by Crippen LogP contribution is -2.48. The number of rotatable bonds is 4. The van der Waals surface area contributed by atoms with E-state index in [-0.39, 0.29) is 24.0 Å². The van der Waals surface area contributed by atoms with E-state index < -0.39 is 0 Å². The van der Waals surface area contributed by atoms with Crippen molar-refractivity contribution in [1.29, 1.82) is 0 Å². The first kappa shape index (κ1) is 16.3. The molecule has 1 aliphatic carbocycles. The summed E-state index contributed by atoms with van der Waals surface area (Å²) in [5, 5.41) is 0. The molecule has 1 saturated carbocycles. The summed E-state index contributed by atoms with van der Waals surface area (Å²) < 4.78 is 4.86. The molecule has 1 unspecified atom stereocenters. The molecule has 1 saturated heterocycles. The molecule has 0 aromatic carbocycles. The van der Waals surface area contributed by atoms with Crippen LogP contribution in [0, 0.1) is 11.3 Å². The van der Waals surface area contributed by atoms with Crippen LogP contribution in [-0.2, 0) is 14.3 Å². The summed E-state index contributed by atoms with van der Waals surface area (Å²) in [7, 11) is 1.41. The molecule has 1 aliphatic heterocycles. The van der Waals surface area contributed by atoms with Gasteiger partial charge in [0.05, 0.1) is 7.11 Å². The van der Waals surface area contributed by atoms with Crippen molar-refractivity contribution >= 4 is 11.9 Å². The number of ether oxygens (including phenoxy) is 1. The van der Waals surface area contributed by atoms with Gasteiger partial charge < -0.3 is 9.64 Å². The molecule has 21 heavy (non-hydrogen) atoms. The lowest BCUT2D eigenvalue weighted by atomic mass is 9.68. The first-order valence-corrected chi connectivity index (χ1v) is 8.29. The molecule has 0 N–H and O–H groups in total. The van der Waals surface area contributed by atoms with Crippen LogP contribution >= 0.6 is 0 Å². The highest BCUT2D eigenvalue weighted by Crippen LogP contribution is 2.42. The van der Waals surface area contributed by atoms with Crippen molar-refractivity contribution in [2.45, 2.75) is 77.8 Å². The van der Waals surface area contributed by atoms with Gasteiger partial charge >= 0.3 is 5.97 Å². The quantitative estimate of drug-likeness (QED) is 0.749. The average molecular weight is 295 g/mol. The third kappa shape index (κ3) is 3.24. The first-order valence-electron chi connectivity index (χ1n) is 8.29. The number of methoxy groups -OCH3 is 1. The fraction of sp³-hybridized carbons (Fsp3) is 0.882. The van der Waals surface area contributed by atoms with Gasteiger partial charge in [0.1, 0.15) is 6.04 Å². The Morgan fingerprint density at radius 1 is 1.24 bits per heavy atom. The molecular formula is C17H29NO3. The van der Waals surface area contributed by atoms with Crippen LogP contribution in [0.1, 0.15) is 65.7 Å². The van der Waals surface area contributed by atoms with Gasteiger partial charge in [-0.2, -0.15) is 0 Å². The molecule has 0 aromatic rings. The van der Waals surface area contributed by atoms with Gasteiger partial charge in [0, 0.05) is 12.5 Å². The molecule has 0 spiro atoms. The van der Waals surface area contributed by atoms with Crippen molar-refractivity contribution in [1.82, 2.24) is 4.90 Å². The third-order valence-electron chi connectivity index (χ3n) is 5.84. The molecule has 0 aromatic heterocycles.